The molecule has 8 nitrogen and oxygen atoms in total. The van der Waals surface area contributed by atoms with Crippen molar-refractivity contribution >= 4 is 41.7 Å². The van der Waals surface area contributed by atoms with E-state index in [1.54, 1.807) is 6.07 Å². The van der Waals surface area contributed by atoms with Crippen LogP contribution < -0.4 is 15.0 Å². The Labute approximate surface area is 146 Å². The van der Waals surface area contributed by atoms with Crippen molar-refractivity contribution in [2.45, 2.75) is 13.3 Å². The molecule has 1 aliphatic heterocycles. The van der Waals surface area contributed by atoms with Crippen molar-refractivity contribution in [2.24, 2.45) is 0 Å². The second-order valence-corrected chi connectivity index (χ2v) is 8.83. The predicted molar refractivity (Wildman–Crippen MR) is 91.5 cm³/mol. The molecule has 0 spiro atoms. The second kappa shape index (κ2) is 8.13. The van der Waals surface area contributed by atoms with E-state index in [1.807, 2.05) is 24.3 Å². The molecule has 4 N–H and O–H groups in total. The van der Waals surface area contributed by atoms with Gasteiger partial charge < -0.3 is 5.32 Å². The Balaban J connectivity index is 0.000000194. The number of anilines is 2. The number of fused-ring (bicyclic) bond motifs is 1. The molecule has 25 heavy (non-hydrogen) atoms. The Morgan fingerprint density at radius 2 is 1.96 bits per heavy atom. The average Bonchev–Trinajstić information content (AvgIpc) is 2.95. The summed E-state index contributed by atoms with van der Waals surface area (Å²) in [5, 5.41) is 13.4. The summed E-state index contributed by atoms with van der Waals surface area (Å²) in [5.74, 6) is -0.196. The predicted octanol–water partition coefficient (Wildman–Crippen LogP) is 0.884. The van der Waals surface area contributed by atoms with E-state index >= 15 is 0 Å². The maximum absolute atomic E-state index is 11.3. The zero-order chi connectivity index (χ0) is 18.4. The summed E-state index contributed by atoms with van der Waals surface area (Å²) in [7, 11) is 0. The third kappa shape index (κ3) is 5.30. The van der Waals surface area contributed by atoms with Gasteiger partial charge in [0.15, 0.2) is 0 Å². The van der Waals surface area contributed by atoms with E-state index in [0.29, 0.717) is 12.1 Å². The molecule has 2 aromatic carbocycles. The van der Waals surface area contributed by atoms with Crippen molar-refractivity contribution in [3.63, 3.8) is 0 Å². The molecule has 2 aromatic rings. The van der Waals surface area contributed by atoms with Crippen LogP contribution in [0.2, 0.25) is 0 Å². The van der Waals surface area contributed by atoms with Crippen molar-refractivity contribution in [2.75, 3.05) is 10.6 Å². The molecule has 1 atom stereocenters. The van der Waals surface area contributed by atoms with Crippen LogP contribution in [0.25, 0.3) is 0 Å². The molecule has 0 aliphatic carbocycles. The largest absolute Gasteiger partial charge is 0.326 e. The summed E-state index contributed by atoms with van der Waals surface area (Å²) in [6.07, 6.45) is 0.538. The molecule has 1 heterocycles. The third-order valence-electron chi connectivity index (χ3n) is 3.25. The molecule has 2 amide bonds. The standard InChI is InChI=1S/C8H10AsNO5.C8H7NO/c1-6(11)10-8-4-2-3-7(5-8)9(12,13)15-14;10-8-5-6-3-1-2-4-7(6)9-8/h2-5,14H,1H3,(H,10,11)(H,12,13);1-4H,5H2,(H,9,10). The summed E-state index contributed by atoms with van der Waals surface area (Å²) in [5.41, 5.74) is 2.44. The Morgan fingerprint density at radius 1 is 1.24 bits per heavy atom. The summed E-state index contributed by atoms with van der Waals surface area (Å²) in [6.45, 7) is 1.32. The molecule has 132 valence electrons. The van der Waals surface area contributed by atoms with Gasteiger partial charge >= 0.3 is 88.4 Å². The van der Waals surface area contributed by atoms with Crippen LogP contribution in [-0.2, 0) is 23.6 Å². The fourth-order valence-corrected chi connectivity index (χ4v) is 3.58. The fraction of sp³-hybridized carbons (Fsp3) is 0.125. The zero-order valence-corrected chi connectivity index (χ0v) is 15.2. The molecule has 3 rings (SSSR count). The first-order chi connectivity index (χ1) is 11.8. The Morgan fingerprint density at radius 3 is 2.60 bits per heavy atom. The van der Waals surface area contributed by atoms with Crippen molar-refractivity contribution in [3.8, 4) is 0 Å². The number of carbonyl (C=O) groups excluding carboxylic acids is 2. The van der Waals surface area contributed by atoms with E-state index in [1.165, 1.54) is 25.1 Å². The SMILES string of the molecule is CC(=O)Nc1cccc([As](=O)(O)OO)c1.O=C1Cc2ccccc2N1. The van der Waals surface area contributed by atoms with Crippen molar-refractivity contribution in [3.05, 3.63) is 54.1 Å². The van der Waals surface area contributed by atoms with Gasteiger partial charge in [0.2, 0.25) is 5.91 Å². The molecule has 1 aliphatic rings. The van der Waals surface area contributed by atoms with Gasteiger partial charge in [0.1, 0.15) is 0 Å². The van der Waals surface area contributed by atoms with Gasteiger partial charge in [-0.2, -0.15) is 0 Å². The number of para-hydroxylation sites is 1. The monoisotopic (exact) mass is 408 g/mol. The van der Waals surface area contributed by atoms with E-state index in [-0.39, 0.29) is 16.2 Å². The summed E-state index contributed by atoms with van der Waals surface area (Å²) < 4.78 is 23.9. The zero-order valence-electron chi connectivity index (χ0n) is 13.3. The smallest absolute Gasteiger partial charge is 0.228 e. The molecule has 0 fully saturated rings. The van der Waals surface area contributed by atoms with Gasteiger partial charge in [0.05, 0.1) is 6.42 Å². The molecular formula is C16H17AsN2O6. The summed E-state index contributed by atoms with van der Waals surface area (Å²) >= 11 is -4.83. The Hall–Kier alpha value is -2.38. The number of benzene rings is 2. The first-order valence-electron chi connectivity index (χ1n) is 7.24. The number of amides is 2. The van der Waals surface area contributed by atoms with Crippen LogP contribution in [0.3, 0.4) is 0 Å². The van der Waals surface area contributed by atoms with E-state index in [2.05, 4.69) is 14.5 Å². The minimum Gasteiger partial charge on any atom is -0.326 e. The minimum absolute atomic E-state index is 0.0399. The number of rotatable bonds is 3. The van der Waals surface area contributed by atoms with E-state index in [0.717, 1.165) is 11.3 Å². The van der Waals surface area contributed by atoms with Gasteiger partial charge in [-0.25, -0.2) is 0 Å². The van der Waals surface area contributed by atoms with Crippen LogP contribution >= 0.6 is 0 Å². The van der Waals surface area contributed by atoms with Crippen LogP contribution in [0.1, 0.15) is 12.5 Å². The van der Waals surface area contributed by atoms with E-state index in [4.69, 9.17) is 5.26 Å². The van der Waals surface area contributed by atoms with Crippen LogP contribution in [-0.4, -0.2) is 35.3 Å². The van der Waals surface area contributed by atoms with Crippen molar-refractivity contribution < 1.29 is 26.6 Å². The van der Waals surface area contributed by atoms with Gasteiger partial charge in [-0.15, -0.1) is 0 Å². The first kappa shape index (κ1) is 18.9. The van der Waals surface area contributed by atoms with Gasteiger partial charge in [-0.3, -0.25) is 4.79 Å². The number of hydrogen-bond acceptors (Lipinski definition) is 5. The second-order valence-electron chi connectivity index (χ2n) is 5.22. The molecule has 0 bridgehead atoms. The molecule has 0 saturated heterocycles. The number of nitrogens with one attached hydrogen (secondary N) is 2. The summed E-state index contributed by atoms with van der Waals surface area (Å²) in [4.78, 5) is 21.5. The van der Waals surface area contributed by atoms with E-state index < -0.39 is 14.2 Å². The quantitative estimate of drug-likeness (QED) is 0.340. The maximum atomic E-state index is 11.3. The van der Waals surface area contributed by atoms with Gasteiger partial charge in [-0.05, 0) is 11.6 Å². The van der Waals surface area contributed by atoms with Crippen LogP contribution in [0.4, 0.5) is 11.4 Å². The molecule has 0 saturated carbocycles. The van der Waals surface area contributed by atoms with Crippen LogP contribution in [0.15, 0.2) is 48.5 Å². The van der Waals surface area contributed by atoms with Crippen LogP contribution in [0.5, 0.6) is 0 Å². The number of carbonyl (C=O) groups is 2. The topological polar surface area (TPSA) is 125 Å². The maximum Gasteiger partial charge on any atom is 0.228 e. The molecule has 0 radical (unpaired) electrons. The molecule has 9 heteroatoms. The third-order valence-corrected chi connectivity index (χ3v) is 5.66. The normalized spacial score (nSPS) is 14.4. The van der Waals surface area contributed by atoms with E-state index in [9.17, 15) is 17.4 Å². The Kier molecular flexibility index (Phi) is 6.16. The molecule has 0 aromatic heterocycles. The van der Waals surface area contributed by atoms with Crippen molar-refractivity contribution in [1.29, 1.82) is 0 Å². The average molecular weight is 408 g/mol. The minimum atomic E-state index is -4.83. The van der Waals surface area contributed by atoms with Gasteiger partial charge in [0.25, 0.3) is 0 Å². The fourth-order valence-electron chi connectivity index (χ4n) is 2.17. The Bertz CT molecular complexity index is 812. The molecular weight excluding hydrogens is 391 g/mol. The van der Waals surface area contributed by atoms with Crippen molar-refractivity contribution in [1.82, 2.24) is 0 Å². The van der Waals surface area contributed by atoms with Gasteiger partial charge in [0, 0.05) is 5.69 Å². The van der Waals surface area contributed by atoms with Crippen LogP contribution in [0, 0.1) is 0 Å². The molecule has 1 unspecified atom stereocenters. The van der Waals surface area contributed by atoms with Gasteiger partial charge in [-0.1, -0.05) is 18.2 Å². The first-order valence-corrected chi connectivity index (χ1v) is 10.5. The summed E-state index contributed by atoms with van der Waals surface area (Å²) in [6, 6.07) is 13.4. The number of hydrogen-bond donors (Lipinski definition) is 4.